The lowest BCUT2D eigenvalue weighted by Crippen LogP contribution is -1.99. The highest BCUT2D eigenvalue weighted by molar-refractivity contribution is 5.71. The molecule has 4 aromatic rings. The number of methoxy groups -OCH3 is 1. The first-order valence-corrected chi connectivity index (χ1v) is 9.28. The molecule has 0 N–H and O–H groups in total. The van der Waals surface area contributed by atoms with Crippen LogP contribution in [0.4, 0.5) is 5.69 Å². The van der Waals surface area contributed by atoms with Crippen LogP contribution >= 0.6 is 0 Å². The third kappa shape index (κ3) is 4.30. The van der Waals surface area contributed by atoms with Crippen molar-refractivity contribution < 1.29 is 14.4 Å². The Labute approximate surface area is 173 Å². The number of rotatable bonds is 7. The highest BCUT2D eigenvalue weighted by Gasteiger charge is 2.15. The molecular formula is C23H19N3O4. The van der Waals surface area contributed by atoms with Crippen LogP contribution in [0.3, 0.4) is 0 Å². The summed E-state index contributed by atoms with van der Waals surface area (Å²) in [5.41, 5.74) is 3.17. The van der Waals surface area contributed by atoms with Crippen molar-refractivity contribution in [2.24, 2.45) is 0 Å². The van der Waals surface area contributed by atoms with Crippen LogP contribution in [0.15, 0.2) is 73.1 Å². The van der Waals surface area contributed by atoms with Crippen molar-refractivity contribution in [2.45, 2.75) is 6.61 Å². The second-order valence-corrected chi connectivity index (χ2v) is 6.59. The molecule has 0 saturated heterocycles. The van der Waals surface area contributed by atoms with Crippen molar-refractivity contribution in [1.29, 1.82) is 0 Å². The predicted molar refractivity (Wildman–Crippen MR) is 115 cm³/mol. The molecule has 2 aromatic carbocycles. The second kappa shape index (κ2) is 8.48. The van der Waals surface area contributed by atoms with Gasteiger partial charge in [-0.15, -0.1) is 0 Å². The first-order chi connectivity index (χ1) is 14.6. The highest BCUT2D eigenvalue weighted by atomic mass is 16.6. The molecule has 0 saturated carbocycles. The Morgan fingerprint density at radius 2 is 1.93 bits per heavy atom. The van der Waals surface area contributed by atoms with E-state index in [1.807, 2.05) is 71.4 Å². The van der Waals surface area contributed by atoms with Gasteiger partial charge in [0, 0.05) is 24.5 Å². The fourth-order valence-corrected chi connectivity index (χ4v) is 3.01. The average Bonchev–Trinajstić information content (AvgIpc) is 3.19. The Morgan fingerprint density at radius 1 is 1.10 bits per heavy atom. The Balaban J connectivity index is 1.57. The van der Waals surface area contributed by atoms with E-state index in [2.05, 4.69) is 4.98 Å². The van der Waals surface area contributed by atoms with Crippen LogP contribution in [-0.2, 0) is 6.61 Å². The first-order valence-electron chi connectivity index (χ1n) is 9.28. The zero-order chi connectivity index (χ0) is 20.9. The largest absolute Gasteiger partial charge is 0.497 e. The summed E-state index contributed by atoms with van der Waals surface area (Å²) in [7, 11) is 1.61. The van der Waals surface area contributed by atoms with E-state index in [-0.39, 0.29) is 18.0 Å². The number of nitro benzene ring substituents is 1. The summed E-state index contributed by atoms with van der Waals surface area (Å²) in [6.45, 7) is 0.253. The summed E-state index contributed by atoms with van der Waals surface area (Å²) in [6.07, 6.45) is 7.46. The minimum Gasteiger partial charge on any atom is -0.497 e. The summed E-state index contributed by atoms with van der Waals surface area (Å²) in [5.74, 6) is 0.963. The van der Waals surface area contributed by atoms with Gasteiger partial charge in [0.25, 0.3) is 0 Å². The maximum atomic E-state index is 11.4. The number of fused-ring (bicyclic) bond motifs is 1. The van der Waals surface area contributed by atoms with Gasteiger partial charge in [-0.05, 0) is 35.4 Å². The van der Waals surface area contributed by atoms with Gasteiger partial charge in [0.2, 0.25) is 0 Å². The number of ether oxygens (including phenoxy) is 2. The third-order valence-electron chi connectivity index (χ3n) is 4.55. The maximum absolute atomic E-state index is 11.4. The van der Waals surface area contributed by atoms with Gasteiger partial charge in [0.05, 0.1) is 17.7 Å². The van der Waals surface area contributed by atoms with Gasteiger partial charge in [-0.25, -0.2) is 4.98 Å². The molecule has 4 rings (SSSR count). The Kier molecular flexibility index (Phi) is 5.43. The molecule has 0 spiro atoms. The van der Waals surface area contributed by atoms with E-state index in [0.29, 0.717) is 0 Å². The molecule has 0 aliphatic carbocycles. The van der Waals surface area contributed by atoms with E-state index in [0.717, 1.165) is 28.2 Å². The molecule has 0 fully saturated rings. The van der Waals surface area contributed by atoms with Gasteiger partial charge in [-0.2, -0.15) is 0 Å². The summed E-state index contributed by atoms with van der Waals surface area (Å²) in [6, 6.07) is 18.0. The summed E-state index contributed by atoms with van der Waals surface area (Å²) in [5, 5.41) is 11.4. The Morgan fingerprint density at radius 3 is 2.70 bits per heavy atom. The number of hydrogen-bond donors (Lipinski definition) is 0. The van der Waals surface area contributed by atoms with Gasteiger partial charge in [-0.1, -0.05) is 36.4 Å². The Bertz CT molecular complexity index is 1220. The molecular weight excluding hydrogens is 382 g/mol. The molecule has 2 heterocycles. The highest BCUT2D eigenvalue weighted by Crippen LogP contribution is 2.29. The minimum atomic E-state index is -0.441. The van der Waals surface area contributed by atoms with Crippen molar-refractivity contribution in [2.75, 3.05) is 7.11 Å². The predicted octanol–water partition coefficient (Wildman–Crippen LogP) is 5.00. The molecule has 0 bridgehead atoms. The van der Waals surface area contributed by atoms with Crippen LogP contribution in [0.2, 0.25) is 0 Å². The quantitative estimate of drug-likeness (QED) is 0.322. The zero-order valence-electron chi connectivity index (χ0n) is 16.3. The van der Waals surface area contributed by atoms with Crippen molar-refractivity contribution in [3.05, 3.63) is 100.0 Å². The number of hydrogen-bond acceptors (Lipinski definition) is 5. The molecule has 0 aliphatic heterocycles. The molecule has 0 aliphatic rings. The molecule has 7 heteroatoms. The van der Waals surface area contributed by atoms with Crippen LogP contribution in [0.25, 0.3) is 17.8 Å². The first kappa shape index (κ1) is 19.2. The van der Waals surface area contributed by atoms with Gasteiger partial charge >= 0.3 is 5.69 Å². The van der Waals surface area contributed by atoms with E-state index in [9.17, 15) is 10.1 Å². The Hall–Kier alpha value is -4.13. The minimum absolute atomic E-state index is 0.0668. The maximum Gasteiger partial charge on any atom is 0.310 e. The lowest BCUT2D eigenvalue weighted by atomic mass is 10.1. The number of nitrogens with zero attached hydrogens (tertiary/aromatic N) is 3. The van der Waals surface area contributed by atoms with Gasteiger partial charge in [-0.3, -0.25) is 10.1 Å². The van der Waals surface area contributed by atoms with Crippen LogP contribution in [0, 0.1) is 10.1 Å². The van der Waals surface area contributed by atoms with Crippen molar-refractivity contribution in [1.82, 2.24) is 9.38 Å². The van der Waals surface area contributed by atoms with E-state index in [4.69, 9.17) is 9.47 Å². The van der Waals surface area contributed by atoms with Gasteiger partial charge in [0.1, 0.15) is 18.0 Å². The molecule has 0 atom stereocenters. The summed E-state index contributed by atoms with van der Waals surface area (Å²) < 4.78 is 12.9. The van der Waals surface area contributed by atoms with Crippen molar-refractivity contribution in [3.8, 4) is 11.5 Å². The topological polar surface area (TPSA) is 78.9 Å². The number of imidazole rings is 1. The van der Waals surface area contributed by atoms with Crippen LogP contribution in [-0.4, -0.2) is 21.4 Å². The molecule has 0 radical (unpaired) electrons. The van der Waals surface area contributed by atoms with Crippen LogP contribution in [0.5, 0.6) is 11.5 Å². The molecule has 0 unspecified atom stereocenters. The molecule has 30 heavy (non-hydrogen) atoms. The SMILES string of the molecule is COc1ccn2cc(C=Cc3ccc([N+](=O)[O-])c(OCc4ccccc4)c3)nc2c1. The molecule has 2 aromatic heterocycles. The number of pyridine rings is 1. The zero-order valence-corrected chi connectivity index (χ0v) is 16.3. The van der Waals surface area contributed by atoms with Gasteiger partial charge < -0.3 is 13.9 Å². The average molecular weight is 401 g/mol. The number of benzene rings is 2. The fraction of sp³-hybridized carbons (Fsp3) is 0.0870. The molecule has 150 valence electrons. The second-order valence-electron chi connectivity index (χ2n) is 6.59. The summed E-state index contributed by atoms with van der Waals surface area (Å²) >= 11 is 0. The van der Waals surface area contributed by atoms with Crippen LogP contribution in [0.1, 0.15) is 16.8 Å². The van der Waals surface area contributed by atoms with Gasteiger partial charge in [0.15, 0.2) is 5.75 Å². The standard InChI is InChI=1S/C23H19N3O4/c1-29-20-11-12-25-15-19(24-23(25)14-20)9-7-17-8-10-21(26(27)28)22(13-17)30-16-18-5-3-2-4-6-18/h2-15H,16H2,1H3. The monoisotopic (exact) mass is 401 g/mol. The normalized spacial score (nSPS) is 11.1. The third-order valence-corrected chi connectivity index (χ3v) is 4.55. The fourth-order valence-electron chi connectivity index (χ4n) is 3.01. The lowest BCUT2D eigenvalue weighted by Gasteiger charge is -2.07. The summed E-state index contributed by atoms with van der Waals surface area (Å²) in [4.78, 5) is 15.5. The van der Waals surface area contributed by atoms with E-state index in [1.165, 1.54) is 6.07 Å². The van der Waals surface area contributed by atoms with Crippen LogP contribution < -0.4 is 9.47 Å². The van der Waals surface area contributed by atoms with Crippen molar-refractivity contribution in [3.63, 3.8) is 0 Å². The lowest BCUT2D eigenvalue weighted by molar-refractivity contribution is -0.385. The molecule has 0 amide bonds. The van der Waals surface area contributed by atoms with E-state index in [1.54, 1.807) is 19.2 Å². The molecule has 7 nitrogen and oxygen atoms in total. The number of aromatic nitrogens is 2. The number of nitro groups is 1. The van der Waals surface area contributed by atoms with Crippen molar-refractivity contribution >= 4 is 23.5 Å². The van der Waals surface area contributed by atoms with E-state index >= 15 is 0 Å². The van der Waals surface area contributed by atoms with E-state index < -0.39 is 4.92 Å². The smallest absolute Gasteiger partial charge is 0.310 e.